The lowest BCUT2D eigenvalue weighted by Gasteiger charge is -2.14. The standard InChI is InChI=1S/C7H15NO4Si/c1-2-6-4-9-13(11-6)10-5-7(3-8)12-13/h6-7H,2-5,8H2,1H3. The first-order valence-electron chi connectivity index (χ1n) is 4.61. The lowest BCUT2D eigenvalue weighted by molar-refractivity contribution is 0.0780. The van der Waals surface area contributed by atoms with Crippen molar-refractivity contribution in [1.82, 2.24) is 0 Å². The van der Waals surface area contributed by atoms with E-state index in [9.17, 15) is 0 Å². The fourth-order valence-electron chi connectivity index (χ4n) is 1.39. The molecule has 13 heavy (non-hydrogen) atoms. The zero-order chi connectivity index (χ0) is 9.31. The zero-order valence-electron chi connectivity index (χ0n) is 7.69. The van der Waals surface area contributed by atoms with Crippen molar-refractivity contribution in [1.29, 1.82) is 0 Å². The molecule has 0 aromatic heterocycles. The molecule has 3 atom stereocenters. The predicted molar refractivity (Wildman–Crippen MR) is 46.7 cm³/mol. The average molecular weight is 205 g/mol. The number of nitrogens with two attached hydrogens (primary N) is 1. The molecule has 6 heteroatoms. The summed E-state index contributed by atoms with van der Waals surface area (Å²) in [7, 11) is -2.72. The molecule has 2 N–H and O–H groups in total. The summed E-state index contributed by atoms with van der Waals surface area (Å²) in [4.78, 5) is 0. The largest absolute Gasteiger partial charge is 0.680 e. The second kappa shape index (κ2) is 3.64. The van der Waals surface area contributed by atoms with Gasteiger partial charge in [-0.3, -0.25) is 0 Å². The highest BCUT2D eigenvalue weighted by Gasteiger charge is 2.58. The van der Waals surface area contributed by atoms with Gasteiger partial charge in [0.25, 0.3) is 0 Å². The van der Waals surface area contributed by atoms with Crippen LogP contribution in [-0.2, 0) is 17.7 Å². The van der Waals surface area contributed by atoms with Crippen molar-refractivity contribution >= 4 is 9.05 Å². The van der Waals surface area contributed by atoms with E-state index in [1.54, 1.807) is 0 Å². The molecule has 0 radical (unpaired) electrons. The molecule has 2 aliphatic rings. The maximum absolute atomic E-state index is 5.61. The molecule has 0 aromatic carbocycles. The molecule has 2 saturated heterocycles. The molecule has 2 aliphatic heterocycles. The first-order valence-corrected chi connectivity index (χ1v) is 6.25. The second-order valence-electron chi connectivity index (χ2n) is 3.25. The Bertz CT molecular complexity index is 171. The topological polar surface area (TPSA) is 62.9 Å². The van der Waals surface area contributed by atoms with Crippen LogP contribution in [0.15, 0.2) is 0 Å². The maximum Gasteiger partial charge on any atom is 0.680 e. The minimum absolute atomic E-state index is 0.0535. The molecule has 5 nitrogen and oxygen atoms in total. The lowest BCUT2D eigenvalue weighted by Crippen LogP contribution is -2.41. The van der Waals surface area contributed by atoms with E-state index >= 15 is 0 Å². The third-order valence-electron chi connectivity index (χ3n) is 2.23. The summed E-state index contributed by atoms with van der Waals surface area (Å²) >= 11 is 0. The fraction of sp³-hybridized carbons (Fsp3) is 1.00. The lowest BCUT2D eigenvalue weighted by atomic mass is 10.3. The van der Waals surface area contributed by atoms with Crippen LogP contribution in [0.3, 0.4) is 0 Å². The van der Waals surface area contributed by atoms with Crippen LogP contribution in [0.1, 0.15) is 13.3 Å². The Morgan fingerprint density at radius 3 is 2.31 bits per heavy atom. The molecule has 0 bridgehead atoms. The van der Waals surface area contributed by atoms with Crippen molar-refractivity contribution in [2.75, 3.05) is 19.8 Å². The van der Waals surface area contributed by atoms with Gasteiger partial charge in [0.1, 0.15) is 0 Å². The van der Waals surface area contributed by atoms with Crippen molar-refractivity contribution in [3.63, 3.8) is 0 Å². The van der Waals surface area contributed by atoms with Gasteiger partial charge in [0.05, 0.1) is 25.4 Å². The second-order valence-corrected chi connectivity index (χ2v) is 5.29. The van der Waals surface area contributed by atoms with E-state index in [1.165, 1.54) is 0 Å². The van der Waals surface area contributed by atoms with Gasteiger partial charge in [-0.15, -0.1) is 0 Å². The first kappa shape index (κ1) is 9.57. The number of hydrogen-bond donors (Lipinski definition) is 1. The summed E-state index contributed by atoms with van der Waals surface area (Å²) in [6.45, 7) is 3.59. The van der Waals surface area contributed by atoms with Crippen LogP contribution in [0.2, 0.25) is 0 Å². The van der Waals surface area contributed by atoms with Crippen molar-refractivity contribution in [2.45, 2.75) is 25.6 Å². The van der Waals surface area contributed by atoms with Crippen LogP contribution in [0, 0.1) is 0 Å². The Morgan fingerprint density at radius 2 is 1.85 bits per heavy atom. The summed E-state index contributed by atoms with van der Waals surface area (Å²) < 4.78 is 22.0. The highest BCUT2D eigenvalue weighted by Crippen LogP contribution is 2.28. The third kappa shape index (κ3) is 1.78. The molecule has 2 fully saturated rings. The Labute approximate surface area is 78.6 Å². The molecule has 2 rings (SSSR count). The van der Waals surface area contributed by atoms with Crippen LogP contribution in [0.25, 0.3) is 0 Å². The molecule has 2 heterocycles. The van der Waals surface area contributed by atoms with Crippen LogP contribution in [0.4, 0.5) is 0 Å². The quantitative estimate of drug-likeness (QED) is 0.623. The smallest absolute Gasteiger partial charge is 0.349 e. The van der Waals surface area contributed by atoms with Gasteiger partial charge in [-0.1, -0.05) is 6.92 Å². The Kier molecular flexibility index (Phi) is 2.68. The van der Waals surface area contributed by atoms with Gasteiger partial charge in [0.2, 0.25) is 0 Å². The van der Waals surface area contributed by atoms with Crippen LogP contribution < -0.4 is 5.73 Å². The van der Waals surface area contributed by atoms with Crippen molar-refractivity contribution in [2.24, 2.45) is 5.73 Å². The summed E-state index contributed by atoms with van der Waals surface area (Å²) in [5.41, 5.74) is 5.46. The predicted octanol–water partition coefficient (Wildman–Crippen LogP) is -0.378. The number of rotatable bonds is 2. The molecular formula is C7H15NO4Si. The highest BCUT2D eigenvalue weighted by atomic mass is 28.4. The van der Waals surface area contributed by atoms with Gasteiger partial charge in [0, 0.05) is 6.54 Å². The highest BCUT2D eigenvalue weighted by molar-refractivity contribution is 6.54. The van der Waals surface area contributed by atoms with Gasteiger partial charge in [-0.2, -0.15) is 0 Å². The van der Waals surface area contributed by atoms with Crippen molar-refractivity contribution in [3.8, 4) is 0 Å². The summed E-state index contributed by atoms with van der Waals surface area (Å²) in [5.74, 6) is 0. The van der Waals surface area contributed by atoms with Crippen LogP contribution in [0.5, 0.6) is 0 Å². The molecule has 0 saturated carbocycles. The third-order valence-corrected chi connectivity index (χ3v) is 4.52. The monoisotopic (exact) mass is 205 g/mol. The van der Waals surface area contributed by atoms with Gasteiger partial charge in [0.15, 0.2) is 0 Å². The molecule has 0 aliphatic carbocycles. The summed E-state index contributed by atoms with van der Waals surface area (Å²) in [5, 5.41) is 0. The molecule has 0 aromatic rings. The summed E-state index contributed by atoms with van der Waals surface area (Å²) in [6, 6.07) is 0. The minimum Gasteiger partial charge on any atom is -0.349 e. The van der Waals surface area contributed by atoms with Crippen molar-refractivity contribution in [3.05, 3.63) is 0 Å². The van der Waals surface area contributed by atoms with E-state index in [0.717, 1.165) is 6.42 Å². The Balaban J connectivity index is 1.93. The van der Waals surface area contributed by atoms with E-state index in [1.807, 2.05) is 0 Å². The number of hydrogen-bond acceptors (Lipinski definition) is 5. The fourth-order valence-corrected chi connectivity index (χ4v) is 3.80. The maximum atomic E-state index is 5.61. The Morgan fingerprint density at radius 1 is 1.23 bits per heavy atom. The molecule has 1 spiro atoms. The first-order chi connectivity index (χ1) is 6.28. The van der Waals surface area contributed by atoms with E-state index in [2.05, 4.69) is 6.92 Å². The van der Waals surface area contributed by atoms with E-state index in [4.69, 9.17) is 23.4 Å². The molecule has 0 amide bonds. The molecule has 3 unspecified atom stereocenters. The van der Waals surface area contributed by atoms with Gasteiger partial charge in [-0.25, -0.2) is 0 Å². The average Bonchev–Trinajstić information content (AvgIpc) is 2.74. The van der Waals surface area contributed by atoms with Gasteiger partial charge < -0.3 is 23.4 Å². The Hall–Kier alpha value is 0.0169. The molecule has 76 valence electrons. The van der Waals surface area contributed by atoms with E-state index < -0.39 is 9.05 Å². The minimum atomic E-state index is -2.72. The normalized spacial score (nSPS) is 44.8. The van der Waals surface area contributed by atoms with E-state index in [0.29, 0.717) is 19.8 Å². The zero-order valence-corrected chi connectivity index (χ0v) is 8.69. The SMILES string of the molecule is CCC1CO[Si]2(OCC(CN)O2)O1. The molecular weight excluding hydrogens is 190 g/mol. The van der Waals surface area contributed by atoms with E-state index in [-0.39, 0.29) is 12.2 Å². The van der Waals surface area contributed by atoms with Crippen LogP contribution >= 0.6 is 0 Å². The summed E-state index contributed by atoms with van der Waals surface area (Å²) in [6.07, 6.45) is 1.000. The van der Waals surface area contributed by atoms with Gasteiger partial charge in [-0.05, 0) is 6.42 Å². The van der Waals surface area contributed by atoms with Crippen LogP contribution in [-0.4, -0.2) is 41.0 Å². The van der Waals surface area contributed by atoms with Crippen molar-refractivity contribution < 1.29 is 17.7 Å². The van der Waals surface area contributed by atoms with Gasteiger partial charge >= 0.3 is 9.05 Å².